The van der Waals surface area contributed by atoms with Crippen molar-refractivity contribution in [2.75, 3.05) is 9.80 Å². The number of hydrogen-bond acceptors (Lipinski definition) is 4. The molecule has 0 N–H and O–H groups in total. The number of ether oxygens (including phenoxy) is 1. The molecule has 1 aliphatic heterocycles. The minimum absolute atomic E-state index is 0. The number of para-hydroxylation sites is 3. The molecule has 0 atom stereocenters. The van der Waals surface area contributed by atoms with Crippen molar-refractivity contribution < 1.29 is 25.8 Å². The Kier molecular flexibility index (Phi) is 9.16. The van der Waals surface area contributed by atoms with E-state index in [2.05, 4.69) is 183 Å². The van der Waals surface area contributed by atoms with Crippen molar-refractivity contribution in [3.05, 3.63) is 175 Å². The van der Waals surface area contributed by atoms with E-state index >= 15 is 0 Å². The maximum absolute atomic E-state index is 6.55. The zero-order chi connectivity index (χ0) is 36.3. The Balaban J connectivity index is 0.00000413. The van der Waals surface area contributed by atoms with Crippen LogP contribution in [0.4, 0.5) is 22.7 Å². The summed E-state index contributed by atoms with van der Waals surface area (Å²) in [5.41, 5.74) is 12.3. The summed E-state index contributed by atoms with van der Waals surface area (Å²) in [5.74, 6) is 2.08. The first-order valence-corrected chi connectivity index (χ1v) is 18.0. The Morgan fingerprint density at radius 3 is 2.07 bits per heavy atom. The van der Waals surface area contributed by atoms with Crippen molar-refractivity contribution in [1.29, 1.82) is 0 Å². The Hall–Kier alpha value is -5.64. The van der Waals surface area contributed by atoms with Crippen molar-refractivity contribution in [2.45, 2.75) is 40.0 Å². The monoisotopic (exact) mass is 882 g/mol. The normalized spacial score (nSPS) is 12.6. The summed E-state index contributed by atoms with van der Waals surface area (Å²) in [5, 5.41) is 2.24. The smallest absolute Gasteiger partial charge is 0.135 e. The third-order valence-electron chi connectivity index (χ3n) is 10.1. The molecule has 6 aromatic carbocycles. The second-order valence-electron chi connectivity index (χ2n) is 14.8. The quantitative estimate of drug-likeness (QED) is 0.156. The predicted octanol–water partition coefficient (Wildman–Crippen LogP) is 12.6. The van der Waals surface area contributed by atoms with E-state index in [0.29, 0.717) is 11.5 Å². The van der Waals surface area contributed by atoms with Gasteiger partial charge in [0.1, 0.15) is 5.82 Å². The Bertz CT molecular complexity index is 2630. The molecular weight excluding hydrogens is 844 g/mol. The average Bonchev–Trinajstić information content (AvgIpc) is 3.71. The third kappa shape index (κ3) is 6.27. The van der Waals surface area contributed by atoms with Gasteiger partial charge in [0.15, 0.2) is 0 Å². The van der Waals surface area contributed by atoms with Crippen LogP contribution in [0.25, 0.3) is 38.8 Å². The summed E-state index contributed by atoms with van der Waals surface area (Å²) in [7, 11) is 0. The van der Waals surface area contributed by atoms with E-state index in [4.69, 9.17) is 9.72 Å². The maximum Gasteiger partial charge on any atom is 0.135 e. The van der Waals surface area contributed by atoms with Gasteiger partial charge in [0.05, 0.1) is 0 Å². The SMILES string of the molecule is Cc1cc(-c2ccccc2)cc(C)c1N1[CH-]N(c2[c-]c(Oc3[c-]c4c(cc3)c3ccccc3n4-c3cc(C(C)(C)C)ccn3)ccc2)c2ccccc21.[Pt]. The molecule has 6 heteroatoms. The molecule has 9 rings (SSSR count). The van der Waals surface area contributed by atoms with Crippen LogP contribution in [0.5, 0.6) is 11.5 Å². The van der Waals surface area contributed by atoms with E-state index in [1.807, 2.05) is 24.4 Å². The van der Waals surface area contributed by atoms with Crippen LogP contribution in [0.2, 0.25) is 0 Å². The van der Waals surface area contributed by atoms with Crippen LogP contribution in [0.1, 0.15) is 37.5 Å². The molecule has 0 aliphatic carbocycles. The molecule has 0 fully saturated rings. The summed E-state index contributed by atoms with van der Waals surface area (Å²) < 4.78 is 8.73. The van der Waals surface area contributed by atoms with Gasteiger partial charge in [0, 0.05) is 61.3 Å². The van der Waals surface area contributed by atoms with E-state index < -0.39 is 0 Å². The van der Waals surface area contributed by atoms with E-state index in [9.17, 15) is 0 Å². The summed E-state index contributed by atoms with van der Waals surface area (Å²) >= 11 is 0. The van der Waals surface area contributed by atoms with Gasteiger partial charge in [-0.05, 0) is 94.9 Å². The van der Waals surface area contributed by atoms with Crippen molar-refractivity contribution >= 4 is 44.6 Å². The van der Waals surface area contributed by atoms with Gasteiger partial charge in [-0.1, -0.05) is 87.0 Å². The third-order valence-corrected chi connectivity index (χ3v) is 10.1. The van der Waals surface area contributed by atoms with Crippen LogP contribution >= 0.6 is 0 Å². The zero-order valence-corrected chi connectivity index (χ0v) is 33.1. The molecule has 2 aromatic heterocycles. The summed E-state index contributed by atoms with van der Waals surface area (Å²) in [6.07, 6.45) is 1.90. The molecule has 0 amide bonds. The summed E-state index contributed by atoms with van der Waals surface area (Å²) in [4.78, 5) is 9.30. The van der Waals surface area contributed by atoms with Gasteiger partial charge < -0.3 is 19.1 Å². The minimum Gasteiger partial charge on any atom is -0.509 e. The molecule has 0 spiro atoms. The zero-order valence-electron chi connectivity index (χ0n) is 30.9. The number of nitrogens with zero attached hydrogens (tertiary/aromatic N) is 4. The van der Waals surface area contributed by atoms with Gasteiger partial charge >= 0.3 is 0 Å². The van der Waals surface area contributed by atoms with Gasteiger partial charge in [-0.15, -0.1) is 48.1 Å². The Morgan fingerprint density at radius 2 is 1.31 bits per heavy atom. The van der Waals surface area contributed by atoms with E-state index in [1.165, 1.54) is 33.5 Å². The molecule has 54 heavy (non-hydrogen) atoms. The number of pyridine rings is 1. The fraction of sp³-hybridized carbons (Fsp3) is 0.125. The van der Waals surface area contributed by atoms with Crippen molar-refractivity contribution in [3.8, 4) is 28.4 Å². The average molecular weight is 883 g/mol. The molecule has 8 aromatic rings. The van der Waals surface area contributed by atoms with Crippen LogP contribution < -0.4 is 14.5 Å². The number of fused-ring (bicyclic) bond motifs is 4. The van der Waals surface area contributed by atoms with E-state index in [0.717, 1.165) is 44.7 Å². The molecule has 3 heterocycles. The molecular formula is C48H39N4OPt-3. The maximum atomic E-state index is 6.55. The molecule has 0 radical (unpaired) electrons. The molecule has 0 unspecified atom stereocenters. The van der Waals surface area contributed by atoms with Gasteiger partial charge in [-0.2, -0.15) is 12.1 Å². The van der Waals surface area contributed by atoms with Gasteiger partial charge in [0.25, 0.3) is 0 Å². The van der Waals surface area contributed by atoms with Crippen molar-refractivity contribution in [1.82, 2.24) is 9.55 Å². The van der Waals surface area contributed by atoms with E-state index in [1.54, 1.807) is 0 Å². The van der Waals surface area contributed by atoms with Crippen LogP contribution in [-0.2, 0) is 26.5 Å². The first-order chi connectivity index (χ1) is 25.7. The first kappa shape index (κ1) is 35.4. The molecule has 5 nitrogen and oxygen atoms in total. The Labute approximate surface area is 331 Å². The second kappa shape index (κ2) is 14.0. The number of anilines is 4. The number of rotatable bonds is 6. The number of hydrogen-bond donors (Lipinski definition) is 0. The van der Waals surface area contributed by atoms with Crippen LogP contribution in [0.15, 0.2) is 140 Å². The number of aromatic nitrogens is 2. The van der Waals surface area contributed by atoms with Crippen LogP contribution in [0.3, 0.4) is 0 Å². The van der Waals surface area contributed by atoms with E-state index in [-0.39, 0.29) is 26.5 Å². The molecule has 270 valence electrons. The minimum atomic E-state index is -0.00967. The molecule has 0 saturated heterocycles. The van der Waals surface area contributed by atoms with Crippen molar-refractivity contribution in [2.24, 2.45) is 0 Å². The fourth-order valence-electron chi connectivity index (χ4n) is 7.55. The molecule has 0 bridgehead atoms. The van der Waals surface area contributed by atoms with Crippen LogP contribution in [-0.4, -0.2) is 9.55 Å². The first-order valence-electron chi connectivity index (χ1n) is 18.0. The van der Waals surface area contributed by atoms with Crippen LogP contribution in [0, 0.1) is 32.6 Å². The molecule has 1 aliphatic rings. The topological polar surface area (TPSA) is 33.5 Å². The van der Waals surface area contributed by atoms with Crippen molar-refractivity contribution in [3.63, 3.8) is 0 Å². The van der Waals surface area contributed by atoms with Gasteiger partial charge in [0.2, 0.25) is 0 Å². The Morgan fingerprint density at radius 1 is 0.630 bits per heavy atom. The number of benzene rings is 6. The standard InChI is InChI=1S/C48H39N4O.Pt/c1-32-26-35(34-14-7-6-8-15-34)27-33(2)47(32)51-31-50(43-20-11-12-21-44(43)51)37-16-13-17-38(29-37)53-39-22-23-41-40-18-9-10-19-42(40)52(45(41)30-39)46-28-36(24-25-49-46)48(3,4)5;/h6-28,31H,1-5H3;/q-3;. The summed E-state index contributed by atoms with van der Waals surface area (Å²) in [6, 6.07) is 53.6. The second-order valence-corrected chi connectivity index (χ2v) is 14.8. The fourth-order valence-corrected chi connectivity index (χ4v) is 7.55. The summed E-state index contributed by atoms with van der Waals surface area (Å²) in [6.45, 7) is 13.2. The van der Waals surface area contributed by atoms with Gasteiger partial charge in [-0.3, -0.25) is 0 Å². The number of aryl methyl sites for hydroxylation is 2. The predicted molar refractivity (Wildman–Crippen MR) is 218 cm³/mol. The molecule has 0 saturated carbocycles. The van der Waals surface area contributed by atoms with Gasteiger partial charge in [-0.25, -0.2) is 4.98 Å². The largest absolute Gasteiger partial charge is 0.509 e.